The number of amides is 1. The quantitative estimate of drug-likeness (QED) is 0.828. The van der Waals surface area contributed by atoms with E-state index in [-0.39, 0.29) is 11.2 Å². The van der Waals surface area contributed by atoms with Gasteiger partial charge < -0.3 is 5.32 Å². The summed E-state index contributed by atoms with van der Waals surface area (Å²) in [4.78, 5) is 15.9. The molecule has 0 aliphatic carbocycles. The van der Waals surface area contributed by atoms with E-state index in [9.17, 15) is 4.79 Å². The first-order chi connectivity index (χ1) is 9.20. The van der Waals surface area contributed by atoms with Crippen LogP contribution in [0.25, 0.3) is 0 Å². The summed E-state index contributed by atoms with van der Waals surface area (Å²) in [6.45, 7) is 1.76. The van der Waals surface area contributed by atoms with E-state index in [1.807, 2.05) is 6.07 Å². The molecule has 1 atom stereocenters. The molecule has 2 aromatic rings. The molecule has 2 rings (SSSR count). The third-order valence-electron chi connectivity index (χ3n) is 2.36. The smallest absolute Gasteiger partial charge is 0.237 e. The van der Waals surface area contributed by atoms with Crippen LogP contribution in [-0.2, 0) is 4.79 Å². The second-order valence-corrected chi connectivity index (χ2v) is 5.03. The molecule has 7 heteroatoms. The average Bonchev–Trinajstić information content (AvgIpc) is 2.92. The van der Waals surface area contributed by atoms with Crippen LogP contribution >= 0.6 is 11.8 Å². The Bertz CT molecular complexity index is 605. The summed E-state index contributed by atoms with van der Waals surface area (Å²) in [7, 11) is 0. The molecule has 1 heterocycles. The first-order valence-corrected chi connectivity index (χ1v) is 6.40. The van der Waals surface area contributed by atoms with Crippen LogP contribution in [0.4, 0.5) is 5.69 Å². The van der Waals surface area contributed by atoms with E-state index < -0.39 is 0 Å². The van der Waals surface area contributed by atoms with Crippen molar-refractivity contribution in [2.24, 2.45) is 0 Å². The van der Waals surface area contributed by atoms with E-state index in [1.54, 1.807) is 31.2 Å². The molecule has 96 valence electrons. The molecule has 2 N–H and O–H groups in total. The zero-order valence-corrected chi connectivity index (χ0v) is 10.9. The van der Waals surface area contributed by atoms with Gasteiger partial charge in [-0.25, -0.2) is 4.98 Å². The largest absolute Gasteiger partial charge is 0.324 e. The van der Waals surface area contributed by atoms with Gasteiger partial charge in [-0.1, -0.05) is 23.9 Å². The molecule has 1 amide bonds. The summed E-state index contributed by atoms with van der Waals surface area (Å²) in [6, 6.07) is 8.91. The number of nitrogens with zero attached hydrogens (tertiary/aromatic N) is 3. The third-order valence-corrected chi connectivity index (χ3v) is 3.34. The van der Waals surface area contributed by atoms with Crippen molar-refractivity contribution in [3.05, 3.63) is 36.2 Å². The monoisotopic (exact) mass is 273 g/mol. The van der Waals surface area contributed by atoms with Crippen LogP contribution in [0.15, 0.2) is 35.7 Å². The molecule has 0 spiro atoms. The molecule has 1 unspecified atom stereocenters. The van der Waals surface area contributed by atoms with Gasteiger partial charge in [-0.05, 0) is 19.1 Å². The molecule has 0 fully saturated rings. The molecule has 1 aromatic carbocycles. The second kappa shape index (κ2) is 6.02. The van der Waals surface area contributed by atoms with Crippen LogP contribution in [0.5, 0.6) is 0 Å². The Kier molecular flexibility index (Phi) is 4.15. The molecule has 0 aliphatic heterocycles. The molecule has 0 bridgehead atoms. The Balaban J connectivity index is 2.03. The number of aromatic amines is 1. The highest BCUT2D eigenvalue weighted by Gasteiger charge is 2.17. The minimum absolute atomic E-state index is 0.191. The van der Waals surface area contributed by atoms with Gasteiger partial charge in [0.25, 0.3) is 0 Å². The van der Waals surface area contributed by atoms with Crippen LogP contribution < -0.4 is 5.32 Å². The lowest BCUT2D eigenvalue weighted by Gasteiger charge is -2.11. The number of benzene rings is 1. The lowest BCUT2D eigenvalue weighted by molar-refractivity contribution is -0.115. The van der Waals surface area contributed by atoms with E-state index in [0.717, 1.165) is 0 Å². The number of aromatic nitrogens is 3. The number of anilines is 1. The highest BCUT2D eigenvalue weighted by atomic mass is 32.2. The maximum atomic E-state index is 12.0. The Hall–Kier alpha value is -2.33. The molecule has 19 heavy (non-hydrogen) atoms. The number of nitrogens with one attached hydrogen (secondary N) is 2. The first kappa shape index (κ1) is 13.1. The van der Waals surface area contributed by atoms with Crippen molar-refractivity contribution >= 4 is 23.4 Å². The Labute approximate surface area is 114 Å². The van der Waals surface area contributed by atoms with Crippen molar-refractivity contribution in [1.29, 1.82) is 5.26 Å². The van der Waals surface area contributed by atoms with E-state index in [0.29, 0.717) is 16.4 Å². The fourth-order valence-electron chi connectivity index (χ4n) is 1.40. The topological polar surface area (TPSA) is 94.5 Å². The van der Waals surface area contributed by atoms with E-state index in [1.165, 1.54) is 18.1 Å². The van der Waals surface area contributed by atoms with Gasteiger partial charge in [-0.3, -0.25) is 9.89 Å². The number of H-pyrrole nitrogens is 1. The zero-order valence-electron chi connectivity index (χ0n) is 10.1. The van der Waals surface area contributed by atoms with E-state index >= 15 is 0 Å². The minimum atomic E-state index is -0.348. The zero-order chi connectivity index (χ0) is 13.7. The fraction of sp³-hybridized carbons (Fsp3) is 0.167. The number of hydrogen-bond acceptors (Lipinski definition) is 5. The Morgan fingerprint density at radius 3 is 3.00 bits per heavy atom. The molecule has 0 aliphatic rings. The summed E-state index contributed by atoms with van der Waals surface area (Å²) in [6.07, 6.45) is 1.39. The number of carbonyl (C=O) groups excluding carboxylic acids is 1. The highest BCUT2D eigenvalue weighted by Crippen LogP contribution is 2.21. The normalized spacial score (nSPS) is 11.6. The van der Waals surface area contributed by atoms with Gasteiger partial charge in [-0.2, -0.15) is 10.4 Å². The van der Waals surface area contributed by atoms with E-state index in [2.05, 4.69) is 20.5 Å². The molecule has 6 nitrogen and oxygen atoms in total. The van der Waals surface area contributed by atoms with Crippen molar-refractivity contribution in [2.45, 2.75) is 17.3 Å². The van der Waals surface area contributed by atoms with Crippen LogP contribution in [0, 0.1) is 11.3 Å². The van der Waals surface area contributed by atoms with E-state index in [4.69, 9.17) is 5.26 Å². The van der Waals surface area contributed by atoms with Gasteiger partial charge >= 0.3 is 0 Å². The SMILES string of the molecule is CC(Sc1ncn[nH]1)C(=O)Nc1ccccc1C#N. The number of carbonyl (C=O) groups is 1. The number of hydrogen-bond donors (Lipinski definition) is 2. The Morgan fingerprint density at radius 2 is 2.32 bits per heavy atom. The second-order valence-electron chi connectivity index (χ2n) is 3.70. The van der Waals surface area contributed by atoms with Crippen LogP contribution in [0.3, 0.4) is 0 Å². The summed E-state index contributed by atoms with van der Waals surface area (Å²) < 4.78 is 0. The fourth-order valence-corrected chi connectivity index (χ4v) is 2.11. The van der Waals surface area contributed by atoms with Gasteiger partial charge in [0.05, 0.1) is 16.5 Å². The summed E-state index contributed by atoms with van der Waals surface area (Å²) in [5.74, 6) is -0.191. The number of thioether (sulfide) groups is 1. The van der Waals surface area contributed by atoms with Crippen LogP contribution in [0.1, 0.15) is 12.5 Å². The van der Waals surface area contributed by atoms with Gasteiger partial charge in [0, 0.05) is 0 Å². The van der Waals surface area contributed by atoms with Crippen molar-refractivity contribution in [1.82, 2.24) is 15.2 Å². The predicted octanol–water partition coefficient (Wildman–Crippen LogP) is 1.80. The summed E-state index contributed by atoms with van der Waals surface area (Å²) in [5.41, 5.74) is 0.952. The number of para-hydroxylation sites is 1. The maximum absolute atomic E-state index is 12.0. The van der Waals surface area contributed by atoms with Crippen molar-refractivity contribution in [3.63, 3.8) is 0 Å². The predicted molar refractivity (Wildman–Crippen MR) is 71.5 cm³/mol. The standard InChI is InChI=1S/C12H11N5OS/c1-8(19-12-14-7-15-17-12)11(18)16-10-5-3-2-4-9(10)6-13/h2-5,7-8H,1H3,(H,16,18)(H,14,15,17). The molecule has 0 saturated heterocycles. The summed E-state index contributed by atoms with van der Waals surface area (Å²) >= 11 is 1.27. The maximum Gasteiger partial charge on any atom is 0.237 e. The lowest BCUT2D eigenvalue weighted by atomic mass is 10.2. The Morgan fingerprint density at radius 1 is 1.53 bits per heavy atom. The van der Waals surface area contributed by atoms with Gasteiger partial charge in [0.15, 0.2) is 5.16 Å². The van der Waals surface area contributed by atoms with Crippen molar-refractivity contribution < 1.29 is 4.79 Å². The first-order valence-electron chi connectivity index (χ1n) is 5.52. The van der Waals surface area contributed by atoms with Crippen molar-refractivity contribution in [2.75, 3.05) is 5.32 Å². The third kappa shape index (κ3) is 3.33. The molecular weight excluding hydrogens is 262 g/mol. The highest BCUT2D eigenvalue weighted by molar-refractivity contribution is 8.00. The molecule has 1 aromatic heterocycles. The number of nitriles is 1. The molecule has 0 radical (unpaired) electrons. The molecule has 0 saturated carbocycles. The van der Waals surface area contributed by atoms with Gasteiger partial charge in [0.2, 0.25) is 5.91 Å². The lowest BCUT2D eigenvalue weighted by Crippen LogP contribution is -2.23. The minimum Gasteiger partial charge on any atom is -0.324 e. The van der Waals surface area contributed by atoms with Crippen LogP contribution in [0.2, 0.25) is 0 Å². The average molecular weight is 273 g/mol. The number of rotatable bonds is 4. The van der Waals surface area contributed by atoms with Gasteiger partial charge in [0.1, 0.15) is 12.4 Å². The van der Waals surface area contributed by atoms with Crippen molar-refractivity contribution in [3.8, 4) is 6.07 Å². The summed E-state index contributed by atoms with van der Waals surface area (Å²) in [5, 5.41) is 18.3. The van der Waals surface area contributed by atoms with Gasteiger partial charge in [-0.15, -0.1) is 0 Å². The van der Waals surface area contributed by atoms with Crippen LogP contribution in [-0.4, -0.2) is 26.3 Å². The molecular formula is C12H11N5OS.